The molecule has 0 fully saturated rings. The van der Waals surface area contributed by atoms with Crippen LogP contribution in [0.2, 0.25) is 0 Å². The Kier molecular flexibility index (Phi) is 5.58. The Morgan fingerprint density at radius 1 is 1.40 bits per heavy atom. The van der Waals surface area contributed by atoms with Crippen molar-refractivity contribution >= 4 is 28.6 Å². The maximum Gasteiger partial charge on any atom is 0.222 e. The highest BCUT2D eigenvalue weighted by Gasteiger charge is 1.98. The van der Waals surface area contributed by atoms with E-state index in [-0.39, 0.29) is 5.24 Å². The van der Waals surface area contributed by atoms with Crippen molar-refractivity contribution in [3.8, 4) is 5.75 Å². The molecule has 0 aromatic heterocycles. The number of methoxy groups -OCH3 is 1. The lowest BCUT2D eigenvalue weighted by Crippen LogP contribution is -1.90. The van der Waals surface area contributed by atoms with E-state index in [2.05, 4.69) is 0 Å². The molecule has 1 aromatic carbocycles. The van der Waals surface area contributed by atoms with Crippen LogP contribution >= 0.6 is 23.4 Å². The molecule has 0 atom stereocenters. The summed E-state index contributed by atoms with van der Waals surface area (Å²) in [6, 6.07) is 7.91. The maximum atomic E-state index is 10.5. The van der Waals surface area contributed by atoms with E-state index in [1.165, 1.54) is 5.56 Å². The fourth-order valence-corrected chi connectivity index (χ4v) is 2.17. The molecule has 0 bridgehead atoms. The topological polar surface area (TPSA) is 26.3 Å². The van der Waals surface area contributed by atoms with Gasteiger partial charge in [0, 0.05) is 17.9 Å². The Hall–Kier alpha value is -0.670. The molecule has 0 spiro atoms. The van der Waals surface area contributed by atoms with Crippen molar-refractivity contribution in [2.24, 2.45) is 0 Å². The Balaban J connectivity index is 2.28. The minimum absolute atomic E-state index is 0.266. The monoisotopic (exact) mass is 244 g/mol. The van der Waals surface area contributed by atoms with Gasteiger partial charge in [-0.1, -0.05) is 12.1 Å². The smallest absolute Gasteiger partial charge is 0.222 e. The molecule has 0 N–H and O–H groups in total. The summed E-state index contributed by atoms with van der Waals surface area (Å²) in [5.41, 5.74) is 1.22. The van der Waals surface area contributed by atoms with Crippen LogP contribution in [0.4, 0.5) is 0 Å². The van der Waals surface area contributed by atoms with Crippen LogP contribution in [0.3, 0.4) is 0 Å². The van der Waals surface area contributed by atoms with Gasteiger partial charge in [-0.15, -0.1) is 0 Å². The largest absolute Gasteiger partial charge is 0.497 e. The average molecular weight is 245 g/mol. The third-order valence-corrected chi connectivity index (χ3v) is 3.09. The summed E-state index contributed by atoms with van der Waals surface area (Å²) in [5, 5.41) is -0.266. The molecule has 0 aliphatic heterocycles. The number of rotatable bonds is 6. The van der Waals surface area contributed by atoms with Crippen LogP contribution in [-0.2, 0) is 10.5 Å². The normalized spacial score (nSPS) is 10.0. The molecule has 0 saturated carbocycles. The second-order valence-electron chi connectivity index (χ2n) is 3.01. The van der Waals surface area contributed by atoms with E-state index in [0.717, 1.165) is 17.3 Å². The second kappa shape index (κ2) is 6.75. The van der Waals surface area contributed by atoms with Gasteiger partial charge < -0.3 is 4.74 Å². The van der Waals surface area contributed by atoms with E-state index in [0.29, 0.717) is 6.42 Å². The minimum atomic E-state index is -0.266. The molecule has 1 aromatic rings. The van der Waals surface area contributed by atoms with Crippen molar-refractivity contribution in [2.45, 2.75) is 12.2 Å². The van der Waals surface area contributed by atoms with Crippen LogP contribution in [0.5, 0.6) is 5.75 Å². The van der Waals surface area contributed by atoms with Gasteiger partial charge in [0.25, 0.3) is 0 Å². The van der Waals surface area contributed by atoms with E-state index in [9.17, 15) is 4.79 Å². The minimum Gasteiger partial charge on any atom is -0.497 e. The van der Waals surface area contributed by atoms with Crippen LogP contribution in [-0.4, -0.2) is 18.1 Å². The van der Waals surface area contributed by atoms with E-state index in [1.807, 2.05) is 24.3 Å². The van der Waals surface area contributed by atoms with Gasteiger partial charge in [0.1, 0.15) is 5.75 Å². The Morgan fingerprint density at radius 2 is 2.07 bits per heavy atom. The predicted molar refractivity (Wildman–Crippen MR) is 64.6 cm³/mol. The molecule has 0 aliphatic rings. The van der Waals surface area contributed by atoms with Crippen LogP contribution in [0.25, 0.3) is 0 Å². The number of halogens is 1. The molecule has 15 heavy (non-hydrogen) atoms. The zero-order chi connectivity index (χ0) is 11.1. The van der Waals surface area contributed by atoms with Crippen LogP contribution < -0.4 is 4.74 Å². The SMILES string of the molecule is COc1ccc(CSCCC(=O)Cl)cc1. The highest BCUT2D eigenvalue weighted by molar-refractivity contribution is 7.98. The maximum absolute atomic E-state index is 10.5. The first kappa shape index (κ1) is 12.4. The van der Waals surface area contributed by atoms with E-state index in [1.54, 1.807) is 18.9 Å². The molecule has 0 amide bonds. The number of carbonyl (C=O) groups is 1. The van der Waals surface area contributed by atoms with Crippen LogP contribution in [0.1, 0.15) is 12.0 Å². The summed E-state index contributed by atoms with van der Waals surface area (Å²) in [6.07, 6.45) is 0.433. The van der Waals surface area contributed by atoms with Gasteiger partial charge >= 0.3 is 0 Å². The van der Waals surface area contributed by atoms with Crippen molar-refractivity contribution < 1.29 is 9.53 Å². The van der Waals surface area contributed by atoms with Crippen molar-refractivity contribution in [3.63, 3.8) is 0 Å². The third kappa shape index (κ3) is 5.09. The molecule has 82 valence electrons. The van der Waals surface area contributed by atoms with Gasteiger partial charge in [0.15, 0.2) is 0 Å². The molecule has 0 aliphatic carbocycles. The molecular formula is C11H13ClO2S. The Morgan fingerprint density at radius 3 is 2.60 bits per heavy atom. The van der Waals surface area contributed by atoms with Gasteiger partial charge in [-0.2, -0.15) is 11.8 Å². The summed E-state index contributed by atoms with van der Waals surface area (Å²) < 4.78 is 5.06. The van der Waals surface area contributed by atoms with E-state index in [4.69, 9.17) is 16.3 Å². The first-order chi connectivity index (χ1) is 7.22. The number of ether oxygens (including phenoxy) is 1. The second-order valence-corrected chi connectivity index (χ2v) is 4.53. The highest BCUT2D eigenvalue weighted by atomic mass is 35.5. The fourth-order valence-electron chi connectivity index (χ4n) is 1.06. The van der Waals surface area contributed by atoms with Gasteiger partial charge in [-0.05, 0) is 29.3 Å². The van der Waals surface area contributed by atoms with Gasteiger partial charge in [-0.3, -0.25) is 4.79 Å². The summed E-state index contributed by atoms with van der Waals surface area (Å²) >= 11 is 6.93. The average Bonchev–Trinajstić information content (AvgIpc) is 2.25. The zero-order valence-corrected chi connectivity index (χ0v) is 10.1. The molecule has 4 heteroatoms. The predicted octanol–water partition coefficient (Wildman–Crippen LogP) is 3.08. The number of thioether (sulfide) groups is 1. The van der Waals surface area contributed by atoms with Crippen LogP contribution in [0.15, 0.2) is 24.3 Å². The summed E-state index contributed by atoms with van der Waals surface area (Å²) in [6.45, 7) is 0. The van der Waals surface area contributed by atoms with Gasteiger partial charge in [0.05, 0.1) is 7.11 Å². The Bertz CT molecular complexity index is 311. The molecule has 0 unspecified atom stereocenters. The van der Waals surface area contributed by atoms with Crippen molar-refractivity contribution in [1.82, 2.24) is 0 Å². The van der Waals surface area contributed by atoms with Gasteiger partial charge in [0.2, 0.25) is 5.24 Å². The number of carbonyl (C=O) groups excluding carboxylic acids is 1. The first-order valence-corrected chi connectivity index (χ1v) is 6.14. The standard InChI is InChI=1S/C11H13ClO2S/c1-14-10-4-2-9(3-5-10)8-15-7-6-11(12)13/h2-5H,6-8H2,1H3. The Labute approximate surface area is 99.0 Å². The zero-order valence-electron chi connectivity index (χ0n) is 8.53. The molecule has 0 radical (unpaired) electrons. The first-order valence-electron chi connectivity index (χ1n) is 4.61. The fraction of sp³-hybridized carbons (Fsp3) is 0.364. The molecule has 1 rings (SSSR count). The molecule has 0 heterocycles. The van der Waals surface area contributed by atoms with Gasteiger partial charge in [-0.25, -0.2) is 0 Å². The molecular weight excluding hydrogens is 232 g/mol. The number of benzene rings is 1. The summed E-state index contributed by atoms with van der Waals surface area (Å²) in [7, 11) is 1.65. The van der Waals surface area contributed by atoms with Crippen molar-refractivity contribution in [1.29, 1.82) is 0 Å². The number of hydrogen-bond acceptors (Lipinski definition) is 3. The summed E-state index contributed by atoms with van der Waals surface area (Å²) in [4.78, 5) is 10.5. The molecule has 2 nitrogen and oxygen atoms in total. The molecule has 0 saturated heterocycles. The lowest BCUT2D eigenvalue weighted by molar-refractivity contribution is -0.111. The summed E-state index contributed by atoms with van der Waals surface area (Å²) in [5.74, 6) is 2.53. The quantitative estimate of drug-likeness (QED) is 0.568. The lowest BCUT2D eigenvalue weighted by atomic mass is 10.2. The van der Waals surface area contributed by atoms with E-state index >= 15 is 0 Å². The van der Waals surface area contributed by atoms with Crippen molar-refractivity contribution in [3.05, 3.63) is 29.8 Å². The number of hydrogen-bond donors (Lipinski definition) is 0. The van der Waals surface area contributed by atoms with E-state index < -0.39 is 0 Å². The van der Waals surface area contributed by atoms with Crippen LogP contribution in [0, 0.1) is 0 Å². The lowest BCUT2D eigenvalue weighted by Gasteiger charge is -2.02. The highest BCUT2D eigenvalue weighted by Crippen LogP contribution is 2.17. The third-order valence-electron chi connectivity index (χ3n) is 1.87. The van der Waals surface area contributed by atoms with Crippen molar-refractivity contribution in [2.75, 3.05) is 12.9 Å².